The third kappa shape index (κ3) is 3.35. The largest absolute Gasteiger partial charge is 0.493 e. The topological polar surface area (TPSA) is 47.3 Å². The Morgan fingerprint density at radius 3 is 2.74 bits per heavy atom. The molecule has 4 heteroatoms. The van der Waals surface area contributed by atoms with E-state index < -0.39 is 6.10 Å². The van der Waals surface area contributed by atoms with E-state index in [2.05, 4.69) is 5.10 Å². The monoisotopic (exact) mass is 260 g/mol. The van der Waals surface area contributed by atoms with E-state index in [4.69, 9.17) is 4.74 Å². The van der Waals surface area contributed by atoms with Gasteiger partial charge < -0.3 is 9.84 Å². The van der Waals surface area contributed by atoms with Crippen molar-refractivity contribution in [3.8, 4) is 5.75 Å². The lowest BCUT2D eigenvalue weighted by molar-refractivity contribution is 0.199. The van der Waals surface area contributed by atoms with Crippen LogP contribution in [0.15, 0.2) is 30.5 Å². The summed E-state index contributed by atoms with van der Waals surface area (Å²) in [6.45, 7) is 4.37. The van der Waals surface area contributed by atoms with Crippen LogP contribution in [0.5, 0.6) is 5.75 Å². The highest BCUT2D eigenvalue weighted by Gasteiger charge is 2.05. The number of aryl methyl sites for hydroxylation is 2. The maximum absolute atomic E-state index is 9.52. The van der Waals surface area contributed by atoms with Gasteiger partial charge in [-0.25, -0.2) is 0 Å². The lowest BCUT2D eigenvalue weighted by atomic mass is 10.1. The van der Waals surface area contributed by atoms with Gasteiger partial charge in [0.2, 0.25) is 0 Å². The predicted molar refractivity (Wildman–Crippen MR) is 74.2 cm³/mol. The van der Waals surface area contributed by atoms with Crippen LogP contribution in [0, 0.1) is 6.92 Å². The van der Waals surface area contributed by atoms with E-state index in [1.165, 1.54) is 0 Å². The molecule has 0 radical (unpaired) electrons. The minimum absolute atomic E-state index is 0.442. The molecule has 0 aliphatic carbocycles. The van der Waals surface area contributed by atoms with Crippen LogP contribution in [-0.2, 0) is 13.5 Å². The summed E-state index contributed by atoms with van der Waals surface area (Å²) in [6.07, 6.45) is 2.17. The van der Waals surface area contributed by atoms with Crippen LogP contribution in [-0.4, -0.2) is 21.5 Å². The lowest BCUT2D eigenvalue weighted by Gasteiger charge is -2.12. The quantitative estimate of drug-likeness (QED) is 0.898. The average molecular weight is 260 g/mol. The maximum Gasteiger partial charge on any atom is 0.122 e. The van der Waals surface area contributed by atoms with Gasteiger partial charge in [0.05, 0.1) is 12.7 Å². The molecule has 2 aromatic rings. The molecule has 2 rings (SSSR count). The summed E-state index contributed by atoms with van der Waals surface area (Å²) in [6, 6.07) is 7.77. The second kappa shape index (κ2) is 5.89. The fourth-order valence-electron chi connectivity index (χ4n) is 2.01. The van der Waals surface area contributed by atoms with E-state index in [1.807, 2.05) is 42.9 Å². The Morgan fingerprint density at radius 1 is 1.37 bits per heavy atom. The fraction of sp³-hybridized carbons (Fsp3) is 0.400. The summed E-state index contributed by atoms with van der Waals surface area (Å²) < 4.78 is 7.63. The molecule has 0 saturated heterocycles. The number of aliphatic hydroxyl groups excluding tert-OH is 1. The highest BCUT2D eigenvalue weighted by atomic mass is 16.5. The Labute approximate surface area is 113 Å². The zero-order valence-electron chi connectivity index (χ0n) is 11.6. The van der Waals surface area contributed by atoms with Crippen LogP contribution < -0.4 is 4.74 Å². The van der Waals surface area contributed by atoms with Crippen LogP contribution in [0.4, 0.5) is 0 Å². The summed E-state index contributed by atoms with van der Waals surface area (Å²) in [5, 5.41) is 13.6. The average Bonchev–Trinajstić information content (AvgIpc) is 2.77. The molecule has 0 aliphatic rings. The van der Waals surface area contributed by atoms with E-state index >= 15 is 0 Å². The first-order valence-electron chi connectivity index (χ1n) is 6.46. The van der Waals surface area contributed by atoms with E-state index in [1.54, 1.807) is 13.1 Å². The van der Waals surface area contributed by atoms with Crippen molar-refractivity contribution < 1.29 is 9.84 Å². The van der Waals surface area contributed by atoms with E-state index in [9.17, 15) is 5.11 Å². The van der Waals surface area contributed by atoms with Gasteiger partial charge in [-0.05, 0) is 43.2 Å². The van der Waals surface area contributed by atoms with Gasteiger partial charge in [0, 0.05) is 25.4 Å². The summed E-state index contributed by atoms with van der Waals surface area (Å²) in [4.78, 5) is 0. The highest BCUT2D eigenvalue weighted by Crippen LogP contribution is 2.22. The van der Waals surface area contributed by atoms with E-state index in [0.717, 1.165) is 29.0 Å². The first-order valence-corrected chi connectivity index (χ1v) is 6.46. The first kappa shape index (κ1) is 13.6. The van der Waals surface area contributed by atoms with Crippen molar-refractivity contribution >= 4 is 0 Å². The molecule has 1 aromatic carbocycles. The Kier molecular flexibility index (Phi) is 4.22. The molecule has 0 saturated carbocycles. The van der Waals surface area contributed by atoms with Gasteiger partial charge >= 0.3 is 0 Å². The number of aliphatic hydroxyl groups is 1. The van der Waals surface area contributed by atoms with Gasteiger partial charge in [-0.1, -0.05) is 6.07 Å². The van der Waals surface area contributed by atoms with Crippen molar-refractivity contribution in [3.63, 3.8) is 0 Å². The van der Waals surface area contributed by atoms with Crippen molar-refractivity contribution in [3.05, 3.63) is 47.3 Å². The molecule has 1 N–H and O–H groups in total. The molecule has 0 unspecified atom stereocenters. The van der Waals surface area contributed by atoms with Crippen molar-refractivity contribution in [2.75, 3.05) is 6.61 Å². The van der Waals surface area contributed by atoms with Gasteiger partial charge in [-0.15, -0.1) is 0 Å². The summed E-state index contributed by atoms with van der Waals surface area (Å²) in [5.41, 5.74) is 3.11. The molecule has 4 nitrogen and oxygen atoms in total. The molecule has 19 heavy (non-hydrogen) atoms. The first-order chi connectivity index (χ1) is 9.08. The summed E-state index contributed by atoms with van der Waals surface area (Å²) >= 11 is 0. The standard InChI is InChI=1S/C15H20N2O2/c1-11-10-13(12(2)18)4-5-15(11)19-9-7-14-6-8-16-17(14)3/h4-6,8,10,12,18H,7,9H2,1-3H3/t12-/m0/s1. The van der Waals surface area contributed by atoms with Crippen molar-refractivity contribution in [1.82, 2.24) is 9.78 Å². The number of aromatic nitrogens is 2. The smallest absolute Gasteiger partial charge is 0.122 e. The predicted octanol–water partition coefficient (Wildman–Crippen LogP) is 2.40. The fourth-order valence-corrected chi connectivity index (χ4v) is 2.01. The number of benzene rings is 1. The number of ether oxygens (including phenoxy) is 1. The zero-order valence-corrected chi connectivity index (χ0v) is 11.6. The maximum atomic E-state index is 9.52. The number of rotatable bonds is 5. The minimum atomic E-state index is -0.442. The third-order valence-corrected chi connectivity index (χ3v) is 3.22. The molecule has 0 aliphatic heterocycles. The Hall–Kier alpha value is -1.81. The van der Waals surface area contributed by atoms with Crippen molar-refractivity contribution in [1.29, 1.82) is 0 Å². The number of nitrogens with zero attached hydrogens (tertiary/aromatic N) is 2. The van der Waals surface area contributed by atoms with E-state index in [-0.39, 0.29) is 0 Å². The second-order valence-corrected chi connectivity index (χ2v) is 4.75. The van der Waals surface area contributed by atoms with Crippen LogP contribution in [0.25, 0.3) is 0 Å². The second-order valence-electron chi connectivity index (χ2n) is 4.75. The molecule has 0 fully saturated rings. The van der Waals surface area contributed by atoms with Crippen molar-refractivity contribution in [2.24, 2.45) is 7.05 Å². The van der Waals surface area contributed by atoms with Gasteiger partial charge in [0.25, 0.3) is 0 Å². The highest BCUT2D eigenvalue weighted by molar-refractivity contribution is 5.36. The van der Waals surface area contributed by atoms with Gasteiger partial charge in [-0.2, -0.15) is 5.10 Å². The molecular formula is C15H20N2O2. The SMILES string of the molecule is Cc1cc([C@H](C)O)ccc1OCCc1ccnn1C. The minimum Gasteiger partial charge on any atom is -0.493 e. The number of hydrogen-bond donors (Lipinski definition) is 1. The molecule has 1 heterocycles. The van der Waals surface area contributed by atoms with Crippen LogP contribution >= 0.6 is 0 Å². The normalized spacial score (nSPS) is 12.4. The summed E-state index contributed by atoms with van der Waals surface area (Å²) in [7, 11) is 1.93. The molecule has 0 spiro atoms. The number of hydrogen-bond acceptors (Lipinski definition) is 3. The molecule has 1 aromatic heterocycles. The van der Waals surface area contributed by atoms with Crippen LogP contribution in [0.3, 0.4) is 0 Å². The Morgan fingerprint density at radius 2 is 2.16 bits per heavy atom. The zero-order chi connectivity index (χ0) is 13.8. The van der Waals surface area contributed by atoms with Crippen LogP contribution in [0.1, 0.15) is 29.8 Å². The molecule has 102 valence electrons. The molecule has 0 amide bonds. The Bertz CT molecular complexity index is 547. The lowest BCUT2D eigenvalue weighted by Crippen LogP contribution is -2.06. The van der Waals surface area contributed by atoms with Gasteiger partial charge in [0.1, 0.15) is 5.75 Å². The van der Waals surface area contributed by atoms with E-state index in [0.29, 0.717) is 6.61 Å². The summed E-state index contributed by atoms with van der Waals surface area (Å²) in [5.74, 6) is 0.867. The van der Waals surface area contributed by atoms with Gasteiger partial charge in [0.15, 0.2) is 0 Å². The Balaban J connectivity index is 1.95. The molecular weight excluding hydrogens is 240 g/mol. The molecule has 0 bridgehead atoms. The van der Waals surface area contributed by atoms with Crippen molar-refractivity contribution in [2.45, 2.75) is 26.4 Å². The van der Waals surface area contributed by atoms with Crippen LogP contribution in [0.2, 0.25) is 0 Å². The molecule has 1 atom stereocenters. The third-order valence-electron chi connectivity index (χ3n) is 3.22. The van der Waals surface area contributed by atoms with Gasteiger partial charge in [-0.3, -0.25) is 4.68 Å².